The van der Waals surface area contributed by atoms with Gasteiger partial charge < -0.3 is 4.57 Å². The van der Waals surface area contributed by atoms with E-state index in [1.54, 1.807) is 0 Å². The van der Waals surface area contributed by atoms with Gasteiger partial charge in [-0.2, -0.15) is 0 Å². The van der Waals surface area contributed by atoms with Crippen LogP contribution >= 0.6 is 0 Å². The van der Waals surface area contributed by atoms with E-state index < -0.39 is 5.41 Å². The standard InChI is InChI=1S/C50H30N4/c1-5-19-35-31(15-1)32-16-2-6-20-36(32)50(35)37-21-7-3-17-33(37)47-38(50)22-13-28-44(47)52-40-24-9-4-18-34(40)48-45(52)29-14-30-46(48)54-43-27-12-11-26-42(43)53-41-25-10-8-23-39(41)51-49(53)54/h1-30H. The third kappa shape index (κ3) is 3.25. The lowest BCUT2D eigenvalue weighted by atomic mass is 9.70. The highest BCUT2D eigenvalue weighted by atomic mass is 15.2. The van der Waals surface area contributed by atoms with E-state index in [-0.39, 0.29) is 0 Å². The molecule has 0 unspecified atom stereocenters. The normalized spacial score (nSPS) is 13.7. The average molecular weight is 687 g/mol. The summed E-state index contributed by atoms with van der Waals surface area (Å²) >= 11 is 0. The molecule has 0 radical (unpaired) electrons. The number of hydrogen-bond acceptors (Lipinski definition) is 1. The Labute approximate surface area is 310 Å². The quantitative estimate of drug-likeness (QED) is 0.178. The van der Waals surface area contributed by atoms with Gasteiger partial charge in [-0.25, -0.2) is 4.98 Å². The van der Waals surface area contributed by atoms with Crippen LogP contribution in [0.2, 0.25) is 0 Å². The van der Waals surface area contributed by atoms with Gasteiger partial charge in [-0.1, -0.05) is 133 Å². The lowest BCUT2D eigenvalue weighted by Gasteiger charge is -2.30. The molecule has 3 aromatic heterocycles. The molecular formula is C50H30N4. The maximum absolute atomic E-state index is 5.25. The van der Waals surface area contributed by atoms with Crippen LogP contribution in [0.25, 0.3) is 83.3 Å². The zero-order valence-corrected chi connectivity index (χ0v) is 29.1. The Morgan fingerprint density at radius 2 is 0.907 bits per heavy atom. The lowest BCUT2D eigenvalue weighted by molar-refractivity contribution is 0.793. The molecule has 0 bridgehead atoms. The first-order valence-electron chi connectivity index (χ1n) is 18.7. The summed E-state index contributed by atoms with van der Waals surface area (Å²) in [5.74, 6) is 0.914. The summed E-state index contributed by atoms with van der Waals surface area (Å²) in [4.78, 5) is 5.25. The predicted molar refractivity (Wildman–Crippen MR) is 220 cm³/mol. The van der Waals surface area contributed by atoms with E-state index in [1.807, 2.05) is 0 Å². The molecule has 0 saturated carbocycles. The molecule has 0 fully saturated rings. The van der Waals surface area contributed by atoms with Crippen LogP contribution in [0.15, 0.2) is 182 Å². The van der Waals surface area contributed by atoms with Gasteiger partial charge in [0.1, 0.15) is 0 Å². The summed E-state index contributed by atoms with van der Waals surface area (Å²) in [6.45, 7) is 0. The molecule has 0 saturated heterocycles. The van der Waals surface area contributed by atoms with Gasteiger partial charge in [0.15, 0.2) is 0 Å². The van der Waals surface area contributed by atoms with Crippen molar-refractivity contribution in [2.75, 3.05) is 0 Å². The molecule has 8 aromatic carbocycles. The van der Waals surface area contributed by atoms with E-state index in [1.165, 1.54) is 72.0 Å². The maximum atomic E-state index is 5.25. The fourth-order valence-electron chi connectivity index (χ4n) is 10.3. The number of nitrogens with zero attached hydrogens (tertiary/aromatic N) is 4. The predicted octanol–water partition coefficient (Wildman–Crippen LogP) is 11.9. The molecule has 11 aromatic rings. The molecule has 4 nitrogen and oxygen atoms in total. The third-order valence-corrected chi connectivity index (χ3v) is 12.3. The molecule has 4 heteroatoms. The second-order valence-electron chi connectivity index (χ2n) is 14.7. The number of fused-ring (bicyclic) bond motifs is 18. The maximum Gasteiger partial charge on any atom is 0.220 e. The highest BCUT2D eigenvalue weighted by molar-refractivity contribution is 6.15. The Balaban J connectivity index is 1.16. The van der Waals surface area contributed by atoms with Crippen LogP contribution in [0.5, 0.6) is 0 Å². The van der Waals surface area contributed by atoms with Crippen molar-refractivity contribution in [3.05, 3.63) is 204 Å². The number of benzene rings is 8. The van der Waals surface area contributed by atoms with Crippen molar-refractivity contribution in [3.63, 3.8) is 0 Å². The van der Waals surface area contributed by atoms with Crippen molar-refractivity contribution in [1.29, 1.82) is 0 Å². The summed E-state index contributed by atoms with van der Waals surface area (Å²) in [6, 6.07) is 66.9. The molecule has 250 valence electrons. The summed E-state index contributed by atoms with van der Waals surface area (Å²) in [7, 11) is 0. The van der Waals surface area contributed by atoms with Gasteiger partial charge in [0.25, 0.3) is 0 Å². The van der Waals surface area contributed by atoms with E-state index in [2.05, 4.69) is 196 Å². The average Bonchev–Trinajstić information content (AvgIpc) is 4.01. The molecule has 2 aliphatic carbocycles. The minimum absolute atomic E-state index is 0.405. The highest BCUT2D eigenvalue weighted by Gasteiger charge is 2.52. The SMILES string of the molecule is c1ccc2c(c1)-c1ccccc1C21c2ccccc2-c2c(-n3c4ccccc4c4c(-n5c6ccccc6n6c7ccccc7nc56)cccc43)cccc21. The van der Waals surface area contributed by atoms with Gasteiger partial charge in [0.2, 0.25) is 5.78 Å². The van der Waals surface area contributed by atoms with Crippen LogP contribution < -0.4 is 0 Å². The lowest BCUT2D eigenvalue weighted by Crippen LogP contribution is -2.25. The summed E-state index contributed by atoms with van der Waals surface area (Å²) < 4.78 is 7.18. The highest BCUT2D eigenvalue weighted by Crippen LogP contribution is 2.63. The van der Waals surface area contributed by atoms with Crippen molar-refractivity contribution in [3.8, 4) is 33.6 Å². The van der Waals surface area contributed by atoms with Crippen molar-refractivity contribution in [1.82, 2.24) is 18.5 Å². The van der Waals surface area contributed by atoms with Gasteiger partial charge in [-0.05, 0) is 87.5 Å². The van der Waals surface area contributed by atoms with Gasteiger partial charge in [-0.15, -0.1) is 0 Å². The first-order valence-corrected chi connectivity index (χ1v) is 18.7. The van der Waals surface area contributed by atoms with E-state index in [9.17, 15) is 0 Å². The van der Waals surface area contributed by atoms with Gasteiger partial charge in [0, 0.05) is 16.3 Å². The minimum Gasteiger partial charge on any atom is -0.309 e. The number of rotatable bonds is 2. The van der Waals surface area contributed by atoms with E-state index in [0.29, 0.717) is 0 Å². The number of aromatic nitrogens is 4. The van der Waals surface area contributed by atoms with E-state index in [4.69, 9.17) is 4.98 Å². The first-order chi connectivity index (χ1) is 26.8. The summed E-state index contributed by atoms with van der Waals surface area (Å²) in [5.41, 5.74) is 19.2. The summed E-state index contributed by atoms with van der Waals surface area (Å²) in [5, 5.41) is 2.42. The number of para-hydroxylation sites is 5. The van der Waals surface area contributed by atoms with Crippen molar-refractivity contribution >= 4 is 49.7 Å². The molecular weight excluding hydrogens is 657 g/mol. The second-order valence-corrected chi connectivity index (χ2v) is 14.7. The zero-order chi connectivity index (χ0) is 35.1. The molecule has 0 amide bonds. The zero-order valence-electron chi connectivity index (χ0n) is 29.1. The Bertz CT molecular complexity index is 3360. The molecule has 13 rings (SSSR count). The monoisotopic (exact) mass is 686 g/mol. The van der Waals surface area contributed by atoms with Gasteiger partial charge in [-0.3, -0.25) is 8.97 Å². The van der Waals surface area contributed by atoms with Crippen LogP contribution in [0.3, 0.4) is 0 Å². The molecule has 1 spiro atoms. The van der Waals surface area contributed by atoms with Gasteiger partial charge >= 0.3 is 0 Å². The molecule has 3 heterocycles. The molecule has 54 heavy (non-hydrogen) atoms. The van der Waals surface area contributed by atoms with E-state index >= 15 is 0 Å². The summed E-state index contributed by atoms with van der Waals surface area (Å²) in [6.07, 6.45) is 0. The molecule has 2 aliphatic rings. The Morgan fingerprint density at radius 1 is 0.370 bits per heavy atom. The van der Waals surface area contributed by atoms with Crippen LogP contribution in [0, 0.1) is 0 Å². The fourth-order valence-corrected chi connectivity index (χ4v) is 10.3. The number of hydrogen-bond donors (Lipinski definition) is 0. The third-order valence-electron chi connectivity index (χ3n) is 12.3. The smallest absolute Gasteiger partial charge is 0.220 e. The molecule has 0 aliphatic heterocycles. The largest absolute Gasteiger partial charge is 0.309 e. The van der Waals surface area contributed by atoms with Gasteiger partial charge in [0.05, 0.1) is 49.9 Å². The van der Waals surface area contributed by atoms with Crippen molar-refractivity contribution in [2.45, 2.75) is 5.41 Å². The molecule has 0 N–H and O–H groups in total. The number of imidazole rings is 2. The first kappa shape index (κ1) is 28.4. The van der Waals surface area contributed by atoms with Crippen LogP contribution in [0.1, 0.15) is 22.3 Å². The topological polar surface area (TPSA) is 27.2 Å². The Hall–Kier alpha value is -7.17. The second kappa shape index (κ2) is 10.0. The molecule has 0 atom stereocenters. The van der Waals surface area contributed by atoms with Crippen LogP contribution in [-0.4, -0.2) is 18.5 Å². The fraction of sp³-hybridized carbons (Fsp3) is 0.0200. The van der Waals surface area contributed by atoms with Crippen LogP contribution in [0.4, 0.5) is 0 Å². The van der Waals surface area contributed by atoms with E-state index in [0.717, 1.165) is 33.5 Å². The van der Waals surface area contributed by atoms with Crippen molar-refractivity contribution in [2.24, 2.45) is 0 Å². The minimum atomic E-state index is -0.405. The Kier molecular flexibility index (Phi) is 5.28. The Morgan fingerprint density at radius 3 is 1.69 bits per heavy atom. The van der Waals surface area contributed by atoms with Crippen LogP contribution in [-0.2, 0) is 5.41 Å². The van der Waals surface area contributed by atoms with Crippen molar-refractivity contribution < 1.29 is 0 Å².